The van der Waals surface area contributed by atoms with Gasteiger partial charge < -0.3 is 10.3 Å². The summed E-state index contributed by atoms with van der Waals surface area (Å²) in [5.41, 5.74) is 5.67. The largest absolute Gasteiger partial charge is 0.358 e. The summed E-state index contributed by atoms with van der Waals surface area (Å²) >= 11 is 0. The van der Waals surface area contributed by atoms with Crippen molar-refractivity contribution in [2.45, 2.75) is 13.0 Å². The van der Waals surface area contributed by atoms with Gasteiger partial charge in [-0.05, 0) is 31.2 Å². The van der Waals surface area contributed by atoms with Gasteiger partial charge in [0.25, 0.3) is 5.56 Å². The lowest BCUT2D eigenvalue weighted by Crippen LogP contribution is -2.33. The van der Waals surface area contributed by atoms with Crippen LogP contribution in [0.5, 0.6) is 0 Å². The molecule has 0 spiro atoms. The lowest BCUT2D eigenvalue weighted by atomic mass is 10.2. The molecule has 1 atom stereocenters. The maximum atomic E-state index is 13.3. The van der Waals surface area contributed by atoms with E-state index in [9.17, 15) is 4.79 Å². The van der Waals surface area contributed by atoms with Gasteiger partial charge in [-0.25, -0.2) is 24.6 Å². The maximum Gasteiger partial charge on any atom is 0.280 e. The molecule has 0 aliphatic carbocycles. The van der Waals surface area contributed by atoms with Crippen molar-refractivity contribution in [2.24, 2.45) is 0 Å². The molecule has 3 heterocycles. The van der Waals surface area contributed by atoms with E-state index in [2.05, 4.69) is 30.7 Å². The Kier molecular flexibility index (Phi) is 4.32. The second-order valence-electron chi connectivity index (χ2n) is 6.79. The predicted octanol–water partition coefficient (Wildman–Crippen LogP) is 3.11. The number of aromatic amines is 1. The number of imidazole rings is 1. The SMILES string of the molecule is C[C@H](Nc1ncnc2nc[nH]c12)c1nc2ccccc2c(=O)n1Nc1ccccc1. The third-order valence-electron chi connectivity index (χ3n) is 4.78. The van der Waals surface area contributed by atoms with Gasteiger partial charge in [0, 0.05) is 0 Å². The summed E-state index contributed by atoms with van der Waals surface area (Å²) in [6.07, 6.45) is 3.01. The first-order chi connectivity index (χ1) is 14.7. The number of benzene rings is 2. The van der Waals surface area contributed by atoms with E-state index < -0.39 is 0 Å². The second-order valence-corrected chi connectivity index (χ2v) is 6.79. The molecule has 30 heavy (non-hydrogen) atoms. The molecule has 0 radical (unpaired) electrons. The second kappa shape index (κ2) is 7.28. The first-order valence-corrected chi connectivity index (χ1v) is 9.45. The molecule has 5 rings (SSSR count). The van der Waals surface area contributed by atoms with Crippen molar-refractivity contribution in [3.8, 4) is 0 Å². The Morgan fingerprint density at radius 3 is 2.67 bits per heavy atom. The number of nitrogens with one attached hydrogen (secondary N) is 3. The van der Waals surface area contributed by atoms with Crippen molar-refractivity contribution < 1.29 is 0 Å². The average molecular weight is 398 g/mol. The van der Waals surface area contributed by atoms with Crippen LogP contribution in [-0.4, -0.2) is 29.6 Å². The number of nitrogens with zero attached hydrogens (tertiary/aromatic N) is 5. The van der Waals surface area contributed by atoms with Crippen LogP contribution in [0.25, 0.3) is 22.1 Å². The van der Waals surface area contributed by atoms with Gasteiger partial charge in [-0.2, -0.15) is 0 Å². The van der Waals surface area contributed by atoms with Crippen LogP contribution >= 0.6 is 0 Å². The summed E-state index contributed by atoms with van der Waals surface area (Å²) in [7, 11) is 0. The van der Waals surface area contributed by atoms with Crippen molar-refractivity contribution >= 4 is 33.6 Å². The van der Waals surface area contributed by atoms with Gasteiger partial charge in [0.1, 0.15) is 11.8 Å². The minimum atomic E-state index is -0.347. The van der Waals surface area contributed by atoms with E-state index in [0.717, 1.165) is 5.69 Å². The Hall–Kier alpha value is -4.27. The van der Waals surface area contributed by atoms with Crippen LogP contribution in [0.15, 0.2) is 72.0 Å². The molecule has 0 unspecified atom stereocenters. The number of hydrogen-bond donors (Lipinski definition) is 3. The summed E-state index contributed by atoms with van der Waals surface area (Å²) in [6.45, 7) is 1.92. The van der Waals surface area contributed by atoms with Gasteiger partial charge in [0.15, 0.2) is 17.3 Å². The van der Waals surface area contributed by atoms with Crippen LogP contribution < -0.4 is 16.3 Å². The fourth-order valence-electron chi connectivity index (χ4n) is 3.33. The molecule has 0 saturated heterocycles. The number of anilines is 2. The summed E-state index contributed by atoms with van der Waals surface area (Å²) in [4.78, 5) is 33.7. The van der Waals surface area contributed by atoms with Crippen LogP contribution in [-0.2, 0) is 0 Å². The Morgan fingerprint density at radius 1 is 1.00 bits per heavy atom. The van der Waals surface area contributed by atoms with Gasteiger partial charge in [-0.1, -0.05) is 30.3 Å². The van der Waals surface area contributed by atoms with Crippen molar-refractivity contribution in [1.82, 2.24) is 29.6 Å². The van der Waals surface area contributed by atoms with E-state index in [0.29, 0.717) is 33.7 Å². The van der Waals surface area contributed by atoms with E-state index in [1.54, 1.807) is 12.4 Å². The van der Waals surface area contributed by atoms with Crippen LogP contribution in [0.2, 0.25) is 0 Å². The molecule has 2 aromatic carbocycles. The number of hydrogen-bond acceptors (Lipinski definition) is 7. The Morgan fingerprint density at radius 2 is 1.80 bits per heavy atom. The molecule has 0 aliphatic heterocycles. The highest BCUT2D eigenvalue weighted by molar-refractivity contribution is 5.82. The molecule has 5 aromatic rings. The van der Waals surface area contributed by atoms with Crippen LogP contribution in [0, 0.1) is 0 Å². The Balaban J connectivity index is 1.62. The first-order valence-electron chi connectivity index (χ1n) is 9.45. The third kappa shape index (κ3) is 3.12. The van der Waals surface area contributed by atoms with Crippen molar-refractivity contribution in [3.05, 3.63) is 83.4 Å². The minimum Gasteiger partial charge on any atom is -0.358 e. The topological polar surface area (TPSA) is 113 Å². The van der Waals surface area contributed by atoms with Gasteiger partial charge in [0.2, 0.25) is 0 Å². The zero-order valence-electron chi connectivity index (χ0n) is 16.1. The molecule has 0 bridgehead atoms. The third-order valence-corrected chi connectivity index (χ3v) is 4.78. The molecular formula is C21H18N8O. The van der Waals surface area contributed by atoms with E-state index in [1.165, 1.54) is 11.0 Å². The van der Waals surface area contributed by atoms with Crippen LogP contribution in [0.3, 0.4) is 0 Å². The van der Waals surface area contributed by atoms with E-state index in [-0.39, 0.29) is 11.6 Å². The van der Waals surface area contributed by atoms with E-state index in [1.807, 2.05) is 55.5 Å². The van der Waals surface area contributed by atoms with Gasteiger partial charge in [0.05, 0.1) is 29.0 Å². The van der Waals surface area contributed by atoms with Crippen LogP contribution in [0.4, 0.5) is 11.5 Å². The highest BCUT2D eigenvalue weighted by Gasteiger charge is 2.19. The lowest BCUT2D eigenvalue weighted by molar-refractivity contribution is 0.701. The molecule has 0 aliphatic rings. The quantitative estimate of drug-likeness (QED) is 0.417. The number of aromatic nitrogens is 6. The number of fused-ring (bicyclic) bond motifs is 2. The van der Waals surface area contributed by atoms with Gasteiger partial charge >= 0.3 is 0 Å². The zero-order valence-corrected chi connectivity index (χ0v) is 16.1. The maximum absolute atomic E-state index is 13.3. The summed E-state index contributed by atoms with van der Waals surface area (Å²) in [5.74, 6) is 1.10. The van der Waals surface area contributed by atoms with Gasteiger partial charge in [-0.3, -0.25) is 10.2 Å². The molecule has 0 saturated carbocycles. The lowest BCUT2D eigenvalue weighted by Gasteiger charge is -2.21. The van der Waals surface area contributed by atoms with Crippen molar-refractivity contribution in [1.29, 1.82) is 0 Å². The summed E-state index contributed by atoms with van der Waals surface area (Å²) in [5, 5.41) is 3.86. The summed E-state index contributed by atoms with van der Waals surface area (Å²) < 4.78 is 1.47. The highest BCUT2D eigenvalue weighted by atomic mass is 16.1. The molecule has 9 nitrogen and oxygen atoms in total. The van der Waals surface area contributed by atoms with Crippen molar-refractivity contribution in [2.75, 3.05) is 10.7 Å². The number of para-hydroxylation sites is 2. The molecular weight excluding hydrogens is 380 g/mol. The predicted molar refractivity (Wildman–Crippen MR) is 115 cm³/mol. The smallest absolute Gasteiger partial charge is 0.280 e. The fraction of sp³-hybridized carbons (Fsp3) is 0.0952. The minimum absolute atomic E-state index is 0.178. The molecule has 0 fully saturated rings. The van der Waals surface area contributed by atoms with Crippen LogP contribution in [0.1, 0.15) is 18.8 Å². The normalized spacial score (nSPS) is 12.2. The molecule has 3 N–H and O–H groups in total. The fourth-order valence-corrected chi connectivity index (χ4v) is 3.33. The highest BCUT2D eigenvalue weighted by Crippen LogP contribution is 2.22. The molecule has 0 amide bonds. The molecule has 9 heteroatoms. The van der Waals surface area contributed by atoms with Crippen molar-refractivity contribution in [3.63, 3.8) is 0 Å². The Bertz CT molecular complexity index is 1390. The van der Waals surface area contributed by atoms with E-state index in [4.69, 9.17) is 4.98 Å². The summed E-state index contributed by atoms with van der Waals surface area (Å²) in [6, 6.07) is 16.5. The molecule has 148 valence electrons. The van der Waals surface area contributed by atoms with Gasteiger partial charge in [-0.15, -0.1) is 0 Å². The van der Waals surface area contributed by atoms with E-state index >= 15 is 0 Å². The number of H-pyrrole nitrogens is 1. The monoisotopic (exact) mass is 398 g/mol. The molecule has 3 aromatic heterocycles. The number of rotatable bonds is 5. The zero-order chi connectivity index (χ0) is 20.5. The standard InChI is InChI=1S/C21H18N8O/c1-13(26-19-17-18(23-11-22-17)24-12-25-19)20-27-16-10-6-5-9-15(16)21(30)29(20)28-14-7-3-2-4-8-14/h2-13,28H,1H3,(H2,22,23,24,25,26)/t13-/m0/s1. The Labute approximate surface area is 170 Å². The average Bonchev–Trinajstić information content (AvgIpc) is 3.26. The first kappa shape index (κ1) is 17.8.